The fourth-order valence-corrected chi connectivity index (χ4v) is 10.1. The van der Waals surface area contributed by atoms with Crippen molar-refractivity contribution >= 4 is 32.3 Å². The lowest BCUT2D eigenvalue weighted by atomic mass is 9.93. The molecule has 0 amide bonds. The largest absolute Gasteiger partial charge is 0.490 e. The number of fused-ring (bicyclic) bond motifs is 6. The van der Waals surface area contributed by atoms with Gasteiger partial charge in [0.1, 0.15) is 0 Å². The molecule has 0 N–H and O–H groups in total. The van der Waals surface area contributed by atoms with E-state index in [1.54, 1.807) is 0 Å². The molecule has 0 saturated heterocycles. The molecule has 0 aliphatic heterocycles. The van der Waals surface area contributed by atoms with E-state index in [0.717, 1.165) is 105 Å². The summed E-state index contributed by atoms with van der Waals surface area (Å²) in [6.45, 7) is 17.8. The van der Waals surface area contributed by atoms with Gasteiger partial charge in [0.2, 0.25) is 0 Å². The summed E-state index contributed by atoms with van der Waals surface area (Å²) in [5, 5.41) is 6.82. The van der Waals surface area contributed by atoms with E-state index in [2.05, 4.69) is 77.9 Å². The SMILES string of the molecule is CCCCCCCCOc1cc2c3cc(OCCCCCCCC)c(OCCCCCCCC)cc3c3cc(OCCCCCCCC)c(OCCCCCCCC)cc3c2cc1OCCCCCCCC. The average molecular weight is 998 g/mol. The van der Waals surface area contributed by atoms with E-state index >= 15 is 0 Å². The summed E-state index contributed by atoms with van der Waals surface area (Å²) >= 11 is 0. The van der Waals surface area contributed by atoms with Crippen LogP contribution in [0.1, 0.15) is 273 Å². The van der Waals surface area contributed by atoms with Gasteiger partial charge in [-0.15, -0.1) is 0 Å². The first kappa shape index (κ1) is 61.0. The molecule has 6 heteroatoms. The van der Waals surface area contributed by atoms with Gasteiger partial charge >= 0.3 is 0 Å². The van der Waals surface area contributed by atoms with Gasteiger partial charge in [0.25, 0.3) is 0 Å². The third-order valence-corrected chi connectivity index (χ3v) is 14.7. The molecule has 4 aromatic rings. The molecule has 408 valence electrons. The number of rotatable bonds is 48. The predicted octanol–water partition coefficient (Wildman–Crippen LogP) is 21.6. The number of hydrogen-bond donors (Lipinski definition) is 0. The molecule has 72 heavy (non-hydrogen) atoms. The second kappa shape index (κ2) is 39.9. The zero-order valence-corrected chi connectivity index (χ0v) is 47.6. The van der Waals surface area contributed by atoms with Crippen LogP contribution in [0.3, 0.4) is 0 Å². The van der Waals surface area contributed by atoms with Crippen LogP contribution in [0, 0.1) is 0 Å². The Hall–Kier alpha value is -3.54. The molecule has 0 aliphatic carbocycles. The first-order valence-corrected chi connectivity index (χ1v) is 30.9. The monoisotopic (exact) mass is 997 g/mol. The van der Waals surface area contributed by atoms with Gasteiger partial charge in [-0.2, -0.15) is 0 Å². The first-order valence-electron chi connectivity index (χ1n) is 30.9. The second-order valence-corrected chi connectivity index (χ2v) is 21.2. The fraction of sp³-hybridized carbons (Fsp3) is 0.727. The summed E-state index contributed by atoms with van der Waals surface area (Å²) in [5.41, 5.74) is 0. The second-order valence-electron chi connectivity index (χ2n) is 21.2. The highest BCUT2D eigenvalue weighted by molar-refractivity contribution is 6.26. The van der Waals surface area contributed by atoms with E-state index in [-0.39, 0.29) is 0 Å². The van der Waals surface area contributed by atoms with Crippen LogP contribution in [0.5, 0.6) is 34.5 Å². The van der Waals surface area contributed by atoms with Crippen LogP contribution in [-0.2, 0) is 0 Å². The Morgan fingerprint density at radius 2 is 0.306 bits per heavy atom. The minimum Gasteiger partial charge on any atom is -0.490 e. The Kier molecular flexibility index (Phi) is 33.8. The van der Waals surface area contributed by atoms with Crippen molar-refractivity contribution in [2.75, 3.05) is 39.6 Å². The molecule has 0 fully saturated rings. The number of benzene rings is 4. The van der Waals surface area contributed by atoms with Gasteiger partial charge in [-0.05, 0) is 107 Å². The van der Waals surface area contributed by atoms with Gasteiger partial charge in [0.15, 0.2) is 34.5 Å². The third kappa shape index (κ3) is 23.3. The zero-order chi connectivity index (χ0) is 51.1. The standard InChI is InChI=1S/C66H108O6/c1-7-13-19-25-31-37-43-67-61-49-55-56(50-62(61)68-44-38-32-26-20-14-8-2)58-52-64(70-46-40-34-28-22-16-10-4)66(72-48-42-36-30-24-18-12-6)54-60(58)59-53-65(71-47-41-35-29-23-17-11-5)63(51-57(55)59)69-45-39-33-27-21-15-9-3/h49-54H,7-48H2,1-6H3. The molecule has 4 rings (SSSR count). The van der Waals surface area contributed by atoms with Crippen molar-refractivity contribution in [1.29, 1.82) is 0 Å². The molecule has 0 unspecified atom stereocenters. The summed E-state index contributed by atoms with van der Waals surface area (Å²) in [7, 11) is 0. The lowest BCUT2D eigenvalue weighted by Gasteiger charge is -2.21. The third-order valence-electron chi connectivity index (χ3n) is 14.7. The minimum atomic E-state index is 0.676. The highest BCUT2D eigenvalue weighted by Gasteiger charge is 2.21. The molecule has 0 radical (unpaired) electrons. The highest BCUT2D eigenvalue weighted by atomic mass is 16.5. The molecule has 0 bridgehead atoms. The maximum atomic E-state index is 6.80. The number of ether oxygens (including phenoxy) is 6. The smallest absolute Gasteiger partial charge is 0.161 e. The predicted molar refractivity (Wildman–Crippen MR) is 312 cm³/mol. The van der Waals surface area contributed by atoms with Gasteiger partial charge in [-0.25, -0.2) is 0 Å². The van der Waals surface area contributed by atoms with Gasteiger partial charge < -0.3 is 28.4 Å². The summed E-state index contributed by atoms with van der Waals surface area (Å²) in [4.78, 5) is 0. The lowest BCUT2D eigenvalue weighted by molar-refractivity contribution is 0.258. The summed E-state index contributed by atoms with van der Waals surface area (Å²) in [5.74, 6) is 4.99. The molecule has 0 atom stereocenters. The van der Waals surface area contributed by atoms with E-state index in [9.17, 15) is 0 Å². The molecular formula is C66H108O6. The summed E-state index contributed by atoms with van der Waals surface area (Å²) in [6, 6.07) is 13.7. The maximum Gasteiger partial charge on any atom is 0.161 e. The Morgan fingerprint density at radius 3 is 0.444 bits per heavy atom. The van der Waals surface area contributed by atoms with E-state index < -0.39 is 0 Å². The van der Waals surface area contributed by atoms with Crippen molar-refractivity contribution in [3.05, 3.63) is 36.4 Å². The topological polar surface area (TPSA) is 55.4 Å². The van der Waals surface area contributed by atoms with Crippen LogP contribution in [0.15, 0.2) is 36.4 Å². The normalized spacial score (nSPS) is 11.6. The van der Waals surface area contributed by atoms with Crippen molar-refractivity contribution in [2.45, 2.75) is 273 Å². The Balaban J connectivity index is 1.88. The quantitative estimate of drug-likeness (QED) is 0.0325. The molecule has 4 aromatic carbocycles. The van der Waals surface area contributed by atoms with Crippen LogP contribution in [0.25, 0.3) is 32.3 Å². The van der Waals surface area contributed by atoms with Crippen molar-refractivity contribution < 1.29 is 28.4 Å². The van der Waals surface area contributed by atoms with Crippen LogP contribution < -0.4 is 28.4 Å². The molecule has 0 heterocycles. The molecule has 0 aromatic heterocycles. The van der Waals surface area contributed by atoms with Crippen molar-refractivity contribution in [3.63, 3.8) is 0 Å². The highest BCUT2D eigenvalue weighted by Crippen LogP contribution is 2.47. The average Bonchev–Trinajstić information content (AvgIpc) is 3.39. The summed E-state index contributed by atoms with van der Waals surface area (Å²) < 4.78 is 40.8. The molecule has 0 spiro atoms. The number of unbranched alkanes of at least 4 members (excludes halogenated alkanes) is 30. The summed E-state index contributed by atoms with van der Waals surface area (Å²) in [6.07, 6.45) is 44.0. The molecule has 0 saturated carbocycles. The Bertz CT molecular complexity index is 1580. The Morgan fingerprint density at radius 1 is 0.181 bits per heavy atom. The van der Waals surface area contributed by atoms with Gasteiger partial charge in [0.05, 0.1) is 39.6 Å². The first-order chi connectivity index (χ1) is 35.6. The molecular weight excluding hydrogens is 889 g/mol. The van der Waals surface area contributed by atoms with Gasteiger partial charge in [-0.3, -0.25) is 0 Å². The van der Waals surface area contributed by atoms with Crippen LogP contribution in [-0.4, -0.2) is 39.6 Å². The van der Waals surface area contributed by atoms with Crippen LogP contribution in [0.2, 0.25) is 0 Å². The lowest BCUT2D eigenvalue weighted by Crippen LogP contribution is -2.05. The molecule has 0 aliphatic rings. The van der Waals surface area contributed by atoms with E-state index in [1.165, 1.54) is 193 Å². The van der Waals surface area contributed by atoms with E-state index in [0.29, 0.717) is 39.6 Å². The van der Waals surface area contributed by atoms with E-state index in [1.807, 2.05) is 0 Å². The van der Waals surface area contributed by atoms with E-state index in [4.69, 9.17) is 28.4 Å². The van der Waals surface area contributed by atoms with Crippen molar-refractivity contribution in [1.82, 2.24) is 0 Å². The minimum absolute atomic E-state index is 0.676. The number of hydrogen-bond acceptors (Lipinski definition) is 6. The van der Waals surface area contributed by atoms with Gasteiger partial charge in [-0.1, -0.05) is 234 Å². The van der Waals surface area contributed by atoms with Crippen molar-refractivity contribution in [3.8, 4) is 34.5 Å². The van der Waals surface area contributed by atoms with Crippen LogP contribution >= 0.6 is 0 Å². The molecule has 6 nitrogen and oxygen atoms in total. The van der Waals surface area contributed by atoms with Crippen LogP contribution in [0.4, 0.5) is 0 Å². The van der Waals surface area contributed by atoms with Crippen molar-refractivity contribution in [2.24, 2.45) is 0 Å². The maximum absolute atomic E-state index is 6.80. The zero-order valence-electron chi connectivity index (χ0n) is 47.6. The Labute approximate surface area is 442 Å². The van der Waals surface area contributed by atoms with Gasteiger partial charge in [0, 0.05) is 0 Å². The fourth-order valence-electron chi connectivity index (χ4n) is 10.1.